The van der Waals surface area contributed by atoms with Crippen LogP contribution < -0.4 is 16.0 Å². The number of Topliss-reactive ketones (excluding diaryl/α,β-unsaturated/α-hetero) is 1. The Morgan fingerprint density at radius 1 is 1.00 bits per heavy atom. The van der Waals surface area contributed by atoms with Crippen molar-refractivity contribution in [3.8, 4) is 0 Å². The molecule has 0 aliphatic carbocycles. The number of amides is 1. The van der Waals surface area contributed by atoms with Gasteiger partial charge in [-0.3, -0.25) is 9.59 Å². The van der Waals surface area contributed by atoms with E-state index in [1.165, 1.54) is 6.92 Å². The van der Waals surface area contributed by atoms with E-state index in [1.54, 1.807) is 36.4 Å². The average molecular weight is 459 g/mol. The summed E-state index contributed by atoms with van der Waals surface area (Å²) in [4.78, 5) is 23.9. The zero-order chi connectivity index (χ0) is 20.9. The van der Waals surface area contributed by atoms with Crippen molar-refractivity contribution in [2.75, 3.05) is 5.32 Å². The third-order valence-electron chi connectivity index (χ3n) is 3.82. The highest BCUT2D eigenvalue weighted by atomic mass is 35.6. The lowest BCUT2D eigenvalue weighted by Crippen LogP contribution is -2.56. The van der Waals surface area contributed by atoms with E-state index in [9.17, 15) is 9.59 Å². The highest BCUT2D eigenvalue weighted by Crippen LogP contribution is 2.29. The van der Waals surface area contributed by atoms with Crippen LogP contribution in [0, 0.1) is 6.92 Å². The number of carbonyl (C=O) groups excluding carboxylic acids is 2. The van der Waals surface area contributed by atoms with E-state index >= 15 is 0 Å². The molecule has 2 aromatic rings. The molecule has 1 unspecified atom stereocenters. The number of thiocarbonyl (C=S) groups is 1. The molecule has 2 rings (SSSR count). The molecule has 2 aromatic carbocycles. The first kappa shape index (κ1) is 22.4. The molecule has 9 heteroatoms. The molecular weight excluding hydrogens is 441 g/mol. The van der Waals surface area contributed by atoms with Gasteiger partial charge in [0.1, 0.15) is 6.17 Å². The molecule has 0 saturated carbocycles. The van der Waals surface area contributed by atoms with Gasteiger partial charge in [0.2, 0.25) is 3.79 Å². The van der Waals surface area contributed by atoms with Crippen LogP contribution in [0.25, 0.3) is 0 Å². The van der Waals surface area contributed by atoms with Crippen molar-refractivity contribution in [3.63, 3.8) is 0 Å². The molecule has 0 spiro atoms. The van der Waals surface area contributed by atoms with Gasteiger partial charge in [0, 0.05) is 16.8 Å². The van der Waals surface area contributed by atoms with Gasteiger partial charge in [-0.25, -0.2) is 0 Å². The molecule has 0 fully saturated rings. The normalized spacial score (nSPS) is 12.0. The first-order valence-electron chi connectivity index (χ1n) is 8.19. The maximum atomic E-state index is 12.5. The van der Waals surface area contributed by atoms with Gasteiger partial charge in [-0.05, 0) is 62.0 Å². The molecule has 0 heterocycles. The fraction of sp³-hybridized carbons (Fsp3) is 0.211. The number of ketones is 1. The highest BCUT2D eigenvalue weighted by molar-refractivity contribution is 7.80. The number of alkyl halides is 3. The molecule has 0 aromatic heterocycles. The van der Waals surface area contributed by atoms with Crippen LogP contribution in [0.2, 0.25) is 0 Å². The minimum atomic E-state index is -1.86. The van der Waals surface area contributed by atoms with Crippen LogP contribution in [-0.4, -0.2) is 26.8 Å². The summed E-state index contributed by atoms with van der Waals surface area (Å²) in [5.74, 6) is -0.446. The second-order valence-electron chi connectivity index (χ2n) is 6.00. The summed E-state index contributed by atoms with van der Waals surface area (Å²) in [6, 6.07) is 13.8. The summed E-state index contributed by atoms with van der Waals surface area (Å²) in [6.07, 6.45) is -1.08. The van der Waals surface area contributed by atoms with Crippen molar-refractivity contribution in [2.24, 2.45) is 0 Å². The van der Waals surface area contributed by atoms with Crippen LogP contribution in [0.1, 0.15) is 33.2 Å². The van der Waals surface area contributed by atoms with Crippen molar-refractivity contribution in [2.45, 2.75) is 23.8 Å². The molecule has 3 N–H and O–H groups in total. The molecule has 0 bridgehead atoms. The van der Waals surface area contributed by atoms with Crippen LogP contribution in [0.4, 0.5) is 5.69 Å². The Labute approximate surface area is 183 Å². The highest BCUT2D eigenvalue weighted by Gasteiger charge is 2.35. The molecule has 148 valence electrons. The van der Waals surface area contributed by atoms with Gasteiger partial charge in [-0.1, -0.05) is 53.0 Å². The summed E-state index contributed by atoms with van der Waals surface area (Å²) < 4.78 is -1.86. The number of aryl methyl sites for hydroxylation is 1. The standard InChI is InChI=1S/C19H18Cl3N3O2S/c1-11-5-3-4-6-15(11)16(27)24-17(19(20,21)22)25-18(28)23-14-9-7-13(8-10-14)12(2)26/h3-10,17H,1-2H3,(H,24,27)(H2,23,25,28). The number of hydrogen-bond donors (Lipinski definition) is 3. The minimum absolute atomic E-state index is 0.0394. The van der Waals surface area contributed by atoms with Crippen LogP contribution in [0.15, 0.2) is 48.5 Å². The van der Waals surface area contributed by atoms with Crippen molar-refractivity contribution < 1.29 is 9.59 Å². The lowest BCUT2D eigenvalue weighted by atomic mass is 10.1. The predicted octanol–water partition coefficient (Wildman–Crippen LogP) is 4.61. The Balaban J connectivity index is 2.07. The zero-order valence-electron chi connectivity index (χ0n) is 15.1. The monoisotopic (exact) mass is 457 g/mol. The second kappa shape index (κ2) is 9.56. The van der Waals surface area contributed by atoms with Gasteiger partial charge in [0.25, 0.3) is 5.91 Å². The summed E-state index contributed by atoms with van der Waals surface area (Å²) in [5, 5.41) is 8.48. The van der Waals surface area contributed by atoms with E-state index in [0.717, 1.165) is 5.56 Å². The van der Waals surface area contributed by atoms with Crippen LogP contribution in [0.3, 0.4) is 0 Å². The number of nitrogens with one attached hydrogen (secondary N) is 3. The van der Waals surface area contributed by atoms with Gasteiger partial charge in [0.05, 0.1) is 0 Å². The van der Waals surface area contributed by atoms with Crippen molar-refractivity contribution in [3.05, 3.63) is 65.2 Å². The SMILES string of the molecule is CC(=O)c1ccc(NC(=S)NC(NC(=O)c2ccccc2C)C(Cl)(Cl)Cl)cc1. The third-order valence-corrected chi connectivity index (χ3v) is 4.69. The number of carbonyl (C=O) groups is 2. The number of benzene rings is 2. The maximum Gasteiger partial charge on any atom is 0.253 e. The van der Waals surface area contributed by atoms with E-state index in [0.29, 0.717) is 16.8 Å². The molecule has 5 nitrogen and oxygen atoms in total. The van der Waals surface area contributed by atoms with Crippen LogP contribution >= 0.6 is 47.0 Å². The number of anilines is 1. The largest absolute Gasteiger partial charge is 0.339 e. The minimum Gasteiger partial charge on any atom is -0.339 e. The van der Waals surface area contributed by atoms with Crippen molar-refractivity contribution in [1.29, 1.82) is 0 Å². The number of halogens is 3. The van der Waals surface area contributed by atoms with Crippen molar-refractivity contribution in [1.82, 2.24) is 10.6 Å². The van der Waals surface area contributed by atoms with Gasteiger partial charge in [-0.2, -0.15) is 0 Å². The molecule has 0 aliphatic heterocycles. The fourth-order valence-electron chi connectivity index (χ4n) is 2.32. The summed E-state index contributed by atoms with van der Waals surface area (Å²) in [7, 11) is 0. The molecule has 0 radical (unpaired) electrons. The molecule has 0 aliphatic rings. The quantitative estimate of drug-likeness (QED) is 0.264. The first-order valence-corrected chi connectivity index (χ1v) is 9.74. The molecule has 1 amide bonds. The molecule has 0 saturated heterocycles. The Kier molecular flexibility index (Phi) is 7.66. The van der Waals surface area contributed by atoms with E-state index < -0.39 is 15.9 Å². The zero-order valence-corrected chi connectivity index (χ0v) is 18.1. The van der Waals surface area contributed by atoms with Gasteiger partial charge >= 0.3 is 0 Å². The molecule has 1 atom stereocenters. The second-order valence-corrected chi connectivity index (χ2v) is 8.77. The van der Waals surface area contributed by atoms with Gasteiger partial charge in [0.15, 0.2) is 10.9 Å². The van der Waals surface area contributed by atoms with Gasteiger partial charge < -0.3 is 16.0 Å². The average Bonchev–Trinajstić information content (AvgIpc) is 2.61. The smallest absolute Gasteiger partial charge is 0.253 e. The first-order chi connectivity index (χ1) is 13.1. The number of hydrogen-bond acceptors (Lipinski definition) is 3. The predicted molar refractivity (Wildman–Crippen MR) is 119 cm³/mol. The number of rotatable bonds is 5. The Morgan fingerprint density at radius 3 is 2.14 bits per heavy atom. The van der Waals surface area contributed by atoms with Crippen molar-refractivity contribution >= 4 is 69.5 Å². The van der Waals surface area contributed by atoms with Crippen LogP contribution in [0.5, 0.6) is 0 Å². The fourth-order valence-corrected chi connectivity index (χ4v) is 2.89. The summed E-state index contributed by atoms with van der Waals surface area (Å²) >= 11 is 23.3. The van der Waals surface area contributed by atoms with E-state index in [-0.39, 0.29) is 10.9 Å². The van der Waals surface area contributed by atoms with Gasteiger partial charge in [-0.15, -0.1) is 0 Å². The summed E-state index contributed by atoms with van der Waals surface area (Å²) in [6.45, 7) is 3.29. The third kappa shape index (κ3) is 6.34. The topological polar surface area (TPSA) is 70.2 Å². The summed E-state index contributed by atoms with van der Waals surface area (Å²) in [5.41, 5.74) is 2.46. The molecular formula is C19H18Cl3N3O2S. The Hall–Kier alpha value is -1.86. The lowest BCUT2D eigenvalue weighted by Gasteiger charge is -2.28. The van der Waals surface area contributed by atoms with E-state index in [4.69, 9.17) is 47.0 Å². The Bertz CT molecular complexity index is 883. The lowest BCUT2D eigenvalue weighted by molar-refractivity contribution is 0.0933. The molecule has 28 heavy (non-hydrogen) atoms. The van der Waals surface area contributed by atoms with E-state index in [2.05, 4.69) is 16.0 Å². The van der Waals surface area contributed by atoms with E-state index in [1.807, 2.05) is 19.1 Å². The Morgan fingerprint density at radius 2 is 1.61 bits per heavy atom. The van der Waals surface area contributed by atoms with Crippen LogP contribution in [-0.2, 0) is 0 Å². The maximum absolute atomic E-state index is 12.5.